The molecule has 2 heterocycles. The standard InChI is InChI=1S/C61H70N6O11/c1-61(2)32-47(68)55(48(69)33-61)45(14-12-28-67-58(74)53-39-24-25-40(54(53)59(67)75)38-23-22-37(38)39)64-46(57(73)63-26-10-7-8-15-51(70)71)13-9-11-27-62-56(72)34-16-19-41(60(76)77)44(29-34)52-42-20-17-35(65(3)4)30-49(42)78-50-31-36(66(5)6)18-21-43(50)52/h16-25,29-31,37-40,46,53-54H,7-15,26-28,32-33H2,1-6H3,(H4-,62,63,64,68,69,70,71,72,73,76,77)/p+1. The number of amides is 4. The van der Waals surface area contributed by atoms with E-state index in [4.69, 9.17) is 14.5 Å². The van der Waals surface area contributed by atoms with Gasteiger partial charge in [-0.1, -0.05) is 44.6 Å². The molecule has 0 spiro atoms. The van der Waals surface area contributed by atoms with E-state index in [9.17, 15) is 43.8 Å². The topological polar surface area (TPSA) is 239 Å². The Morgan fingerprint density at radius 1 is 0.782 bits per heavy atom. The zero-order valence-electron chi connectivity index (χ0n) is 45.3. The number of carboxylic acids is 2. The predicted octanol–water partition coefficient (Wildman–Crippen LogP) is 7.67. The Morgan fingerprint density at radius 2 is 1.46 bits per heavy atom. The second-order valence-corrected chi connectivity index (χ2v) is 22.9. The van der Waals surface area contributed by atoms with Crippen LogP contribution in [0.25, 0.3) is 33.4 Å². The highest BCUT2D eigenvalue weighted by Crippen LogP contribution is 2.58. The first-order valence-corrected chi connectivity index (χ1v) is 27.3. The molecule has 2 aromatic carbocycles. The number of hydrogen-bond acceptors (Lipinski definition) is 11. The van der Waals surface area contributed by atoms with Crippen molar-refractivity contribution < 1.29 is 53.3 Å². The molecule has 78 heavy (non-hydrogen) atoms. The summed E-state index contributed by atoms with van der Waals surface area (Å²) in [5, 5.41) is 38.6. The largest absolute Gasteiger partial charge is 0.511 e. The van der Waals surface area contributed by atoms with Crippen molar-refractivity contribution in [2.24, 2.45) is 45.9 Å². The van der Waals surface area contributed by atoms with E-state index >= 15 is 0 Å². The second-order valence-electron chi connectivity index (χ2n) is 22.9. The number of aromatic carboxylic acids is 1. The van der Waals surface area contributed by atoms with Crippen LogP contribution in [0, 0.1) is 40.9 Å². The Kier molecular flexibility index (Phi) is 16.0. The fraction of sp³-hybridized carbons (Fsp3) is 0.459. The molecule has 7 atom stereocenters. The van der Waals surface area contributed by atoms with Gasteiger partial charge in [-0.25, -0.2) is 9.37 Å². The van der Waals surface area contributed by atoms with Gasteiger partial charge in [0.05, 0.1) is 34.8 Å². The van der Waals surface area contributed by atoms with Gasteiger partial charge in [-0.05, 0) is 116 Å². The summed E-state index contributed by atoms with van der Waals surface area (Å²) in [6, 6.07) is 14.9. The molecule has 2 aliphatic heterocycles. The Morgan fingerprint density at radius 3 is 2.10 bits per heavy atom. The second kappa shape index (κ2) is 22.7. The molecule has 1 saturated carbocycles. The molecule has 4 amide bonds. The Hall–Kier alpha value is -7.69. The van der Waals surface area contributed by atoms with Gasteiger partial charge in [0.15, 0.2) is 5.78 Å². The monoisotopic (exact) mass is 1060 g/mol. The summed E-state index contributed by atoms with van der Waals surface area (Å²) in [7, 11) is 7.67. The highest BCUT2D eigenvalue weighted by atomic mass is 16.4. The van der Waals surface area contributed by atoms with Gasteiger partial charge in [0.1, 0.15) is 37.2 Å². The lowest BCUT2D eigenvalue weighted by Crippen LogP contribution is -2.50. The molecule has 6 aliphatic carbocycles. The normalized spacial score (nSPS) is 22.4. The zero-order valence-corrected chi connectivity index (χ0v) is 45.3. The number of benzene rings is 3. The number of hydrogen-bond donors (Lipinski definition) is 5. The molecule has 410 valence electrons. The van der Waals surface area contributed by atoms with Crippen LogP contribution in [0.3, 0.4) is 0 Å². The van der Waals surface area contributed by atoms with Crippen LogP contribution in [-0.4, -0.2) is 121 Å². The van der Waals surface area contributed by atoms with Crippen molar-refractivity contribution in [1.29, 1.82) is 0 Å². The van der Waals surface area contributed by atoms with Gasteiger partial charge >= 0.3 is 11.9 Å². The number of nitrogens with one attached hydrogen (secondary N) is 2. The molecular formula is C61H71N6O11+. The lowest BCUT2D eigenvalue weighted by molar-refractivity contribution is -0.140. The fourth-order valence-corrected chi connectivity index (χ4v) is 12.4. The van der Waals surface area contributed by atoms with E-state index < -0.39 is 47.0 Å². The molecule has 2 bridgehead atoms. The molecule has 2 fully saturated rings. The summed E-state index contributed by atoms with van der Waals surface area (Å²) < 4.78 is 8.42. The van der Waals surface area contributed by atoms with Crippen LogP contribution in [0.2, 0.25) is 0 Å². The minimum atomic E-state index is -1.16. The van der Waals surface area contributed by atoms with Crippen molar-refractivity contribution in [3.8, 4) is 22.5 Å². The number of aliphatic imine (C=N–C) groups is 1. The number of rotatable bonds is 22. The van der Waals surface area contributed by atoms with Crippen LogP contribution in [0.4, 0.5) is 5.69 Å². The Bertz CT molecular complexity index is 3230. The van der Waals surface area contributed by atoms with Gasteiger partial charge in [-0.15, -0.1) is 0 Å². The lowest BCUT2D eigenvalue weighted by Gasteiger charge is -2.51. The van der Waals surface area contributed by atoms with E-state index in [1.807, 2.05) is 87.9 Å². The number of Topliss-reactive ketones (excluding diaryl/α,β-unsaturated/α-hetero) is 1. The van der Waals surface area contributed by atoms with Crippen molar-refractivity contribution in [2.45, 2.75) is 90.5 Å². The predicted molar refractivity (Wildman–Crippen MR) is 296 cm³/mol. The van der Waals surface area contributed by atoms with Crippen molar-refractivity contribution in [3.63, 3.8) is 0 Å². The van der Waals surface area contributed by atoms with Crippen molar-refractivity contribution in [2.75, 3.05) is 52.7 Å². The Balaban J connectivity index is 0.935. The van der Waals surface area contributed by atoms with Crippen LogP contribution in [0.5, 0.6) is 0 Å². The third-order valence-corrected chi connectivity index (χ3v) is 16.4. The Labute approximate surface area is 453 Å². The summed E-state index contributed by atoms with van der Waals surface area (Å²) in [4.78, 5) is 102. The molecule has 7 unspecified atom stereocenters. The van der Waals surface area contributed by atoms with Crippen molar-refractivity contribution >= 4 is 63.7 Å². The number of carbonyl (C=O) groups is 7. The molecule has 17 heteroatoms. The quantitative estimate of drug-likeness (QED) is 0.0127. The number of likely N-dealkylation sites (tertiary alicyclic amines) is 1. The number of anilines is 1. The van der Waals surface area contributed by atoms with Crippen LogP contribution < -0.4 is 25.5 Å². The molecule has 1 saturated heterocycles. The summed E-state index contributed by atoms with van der Waals surface area (Å²) in [6.45, 7) is 4.32. The van der Waals surface area contributed by atoms with Gasteiger partial charge in [0, 0.05) is 92.9 Å². The number of aliphatic hydroxyl groups excluding tert-OH is 1. The molecule has 0 aromatic heterocycles. The highest BCUT2D eigenvalue weighted by Gasteiger charge is 2.62. The number of imide groups is 1. The zero-order chi connectivity index (χ0) is 55.7. The number of unbranched alkanes of at least 4 members (excludes halogenated alkanes) is 3. The van der Waals surface area contributed by atoms with Gasteiger partial charge < -0.3 is 35.3 Å². The number of ketones is 1. The lowest BCUT2D eigenvalue weighted by atomic mass is 9.50. The van der Waals surface area contributed by atoms with Crippen molar-refractivity contribution in [3.05, 3.63) is 107 Å². The smallest absolute Gasteiger partial charge is 0.336 e. The minimum Gasteiger partial charge on any atom is -0.511 e. The van der Waals surface area contributed by atoms with E-state index in [0.29, 0.717) is 65.5 Å². The summed E-state index contributed by atoms with van der Waals surface area (Å²) in [6.07, 6.45) is 11.7. The van der Waals surface area contributed by atoms with Gasteiger partial charge in [0.2, 0.25) is 23.1 Å². The fourth-order valence-electron chi connectivity index (χ4n) is 12.4. The van der Waals surface area contributed by atoms with E-state index in [0.717, 1.165) is 11.0 Å². The maximum Gasteiger partial charge on any atom is 0.336 e. The molecule has 8 aliphatic rings. The summed E-state index contributed by atoms with van der Waals surface area (Å²) in [5.74, 6) is -3.51. The number of carbonyl (C=O) groups excluding carboxylic acids is 5. The minimum absolute atomic E-state index is 0.00489. The number of fused-ring (bicyclic) bond motifs is 2. The molecule has 2 aromatic rings. The summed E-state index contributed by atoms with van der Waals surface area (Å²) in [5.41, 5.74) is 3.04. The van der Waals surface area contributed by atoms with Crippen LogP contribution in [-0.2, 0) is 24.0 Å². The average molecular weight is 1060 g/mol. The average Bonchev–Trinajstić information content (AvgIpc) is 3.90. The van der Waals surface area contributed by atoms with E-state index in [-0.39, 0.29) is 128 Å². The highest BCUT2D eigenvalue weighted by molar-refractivity contribution is 6.23. The number of nitrogens with zero attached hydrogens (tertiary/aromatic N) is 4. The third-order valence-electron chi connectivity index (χ3n) is 16.4. The molecule has 10 rings (SSSR count). The summed E-state index contributed by atoms with van der Waals surface area (Å²) >= 11 is 0. The van der Waals surface area contributed by atoms with E-state index in [1.54, 1.807) is 6.07 Å². The van der Waals surface area contributed by atoms with E-state index in [1.165, 1.54) is 17.0 Å². The molecule has 17 nitrogen and oxygen atoms in total. The number of carboxylic acid groups (broad SMARTS) is 2. The first-order valence-electron chi connectivity index (χ1n) is 27.3. The maximum atomic E-state index is 14.1. The third kappa shape index (κ3) is 11.2. The molecular weight excluding hydrogens is 993 g/mol. The first kappa shape index (κ1) is 55.1. The van der Waals surface area contributed by atoms with Gasteiger partial charge in [-0.3, -0.25) is 38.7 Å². The SMILES string of the molecule is CN(C)c1ccc2c(-c3cc(C(=O)NCCCCC(N=C(CCCN4C(=O)C5C6C=CC(C7C=CC76)C5C4=O)C4=C(O)CC(C)(C)CC4=O)C(=O)NCCCCCC(=O)O)ccc3C(=O)O)c3ccc(=[N+](C)C)cc-3oc2c1. The van der Waals surface area contributed by atoms with Gasteiger partial charge in [0.25, 0.3) is 5.91 Å². The maximum absolute atomic E-state index is 14.1. The number of allylic oxidation sites excluding steroid dienone is 6. The molecule has 0 radical (unpaired) electrons. The van der Waals surface area contributed by atoms with E-state index in [2.05, 4.69) is 34.9 Å². The van der Waals surface area contributed by atoms with Gasteiger partial charge in [-0.2, -0.15) is 0 Å². The number of aliphatic carboxylic acids is 1. The van der Waals surface area contributed by atoms with Crippen LogP contribution in [0.1, 0.15) is 105 Å². The van der Waals surface area contributed by atoms with Crippen LogP contribution in [0.15, 0.2) is 99.6 Å². The molecule has 5 N–H and O–H groups in total. The van der Waals surface area contributed by atoms with Crippen molar-refractivity contribution in [1.82, 2.24) is 20.1 Å². The number of aliphatic hydroxyl groups is 1. The van der Waals surface area contributed by atoms with Crippen LogP contribution >= 0.6 is 0 Å². The first-order chi connectivity index (χ1) is 37.2.